The van der Waals surface area contributed by atoms with Crippen LogP contribution in [0.2, 0.25) is 0 Å². The van der Waals surface area contributed by atoms with Crippen LogP contribution in [0.5, 0.6) is 0 Å². The molecule has 4 heteroatoms. The van der Waals surface area contributed by atoms with E-state index in [4.69, 9.17) is 5.11 Å². The Bertz CT molecular complexity index is 267. The van der Waals surface area contributed by atoms with Crippen LogP contribution in [0, 0.1) is 11.8 Å². The molecule has 1 amide bonds. The highest BCUT2D eigenvalue weighted by Crippen LogP contribution is 2.23. The summed E-state index contributed by atoms with van der Waals surface area (Å²) in [6, 6.07) is 0.337. The molecule has 0 aliphatic carbocycles. The number of carbonyl (C=O) groups is 1. The van der Waals surface area contributed by atoms with Gasteiger partial charge in [0.2, 0.25) is 5.91 Å². The molecule has 0 spiro atoms. The number of amides is 1. The van der Waals surface area contributed by atoms with E-state index in [1.54, 1.807) is 0 Å². The maximum Gasteiger partial charge on any atom is 0.225 e. The van der Waals surface area contributed by atoms with E-state index in [1.807, 2.05) is 4.90 Å². The summed E-state index contributed by atoms with van der Waals surface area (Å²) in [7, 11) is 0. The third-order valence-corrected chi connectivity index (χ3v) is 4.31. The van der Waals surface area contributed by atoms with Crippen LogP contribution in [-0.2, 0) is 4.79 Å². The van der Waals surface area contributed by atoms with Crippen LogP contribution in [0.4, 0.5) is 0 Å². The topological polar surface area (TPSA) is 52.6 Å². The first kappa shape index (κ1) is 16.4. The summed E-state index contributed by atoms with van der Waals surface area (Å²) >= 11 is 0. The average molecular weight is 270 g/mol. The minimum Gasteiger partial charge on any atom is -0.395 e. The quantitative estimate of drug-likeness (QED) is 0.739. The van der Waals surface area contributed by atoms with Crippen molar-refractivity contribution in [3.05, 3.63) is 0 Å². The highest BCUT2D eigenvalue weighted by Gasteiger charge is 2.31. The predicted octanol–water partition coefficient (Wildman–Crippen LogP) is 1.63. The van der Waals surface area contributed by atoms with Crippen LogP contribution < -0.4 is 5.32 Å². The zero-order chi connectivity index (χ0) is 14.3. The lowest BCUT2D eigenvalue weighted by Crippen LogP contribution is -2.52. The predicted molar refractivity (Wildman–Crippen MR) is 77.9 cm³/mol. The Morgan fingerprint density at radius 1 is 1.32 bits per heavy atom. The maximum absolute atomic E-state index is 12.5. The normalized spacial score (nSPS) is 23.9. The molecule has 4 nitrogen and oxygen atoms in total. The van der Waals surface area contributed by atoms with E-state index in [2.05, 4.69) is 26.1 Å². The fourth-order valence-corrected chi connectivity index (χ4v) is 2.99. The number of nitrogens with zero attached hydrogens (tertiary/aromatic N) is 1. The van der Waals surface area contributed by atoms with Crippen LogP contribution in [0.3, 0.4) is 0 Å². The van der Waals surface area contributed by atoms with Gasteiger partial charge in [-0.15, -0.1) is 0 Å². The molecule has 1 aliphatic heterocycles. The van der Waals surface area contributed by atoms with Gasteiger partial charge >= 0.3 is 0 Å². The van der Waals surface area contributed by atoms with Gasteiger partial charge in [0.05, 0.1) is 6.61 Å². The van der Waals surface area contributed by atoms with Gasteiger partial charge in [0.1, 0.15) is 0 Å². The second kappa shape index (κ2) is 8.54. The van der Waals surface area contributed by atoms with Crippen LogP contribution >= 0.6 is 0 Å². The maximum atomic E-state index is 12.5. The molecule has 2 N–H and O–H groups in total. The average Bonchev–Trinajstić information content (AvgIpc) is 2.45. The Kier molecular flexibility index (Phi) is 7.39. The summed E-state index contributed by atoms with van der Waals surface area (Å²) in [6.07, 6.45) is 4.09. The SMILES string of the molecule is CCC1CC(NCCO)CN(C(=O)C(CC)CC)C1. The molecule has 0 bridgehead atoms. The van der Waals surface area contributed by atoms with Crippen LogP contribution in [0.15, 0.2) is 0 Å². The van der Waals surface area contributed by atoms with E-state index < -0.39 is 0 Å². The van der Waals surface area contributed by atoms with Gasteiger partial charge in [0, 0.05) is 31.6 Å². The van der Waals surface area contributed by atoms with E-state index in [0.717, 1.165) is 38.8 Å². The number of carbonyl (C=O) groups excluding carboxylic acids is 1. The van der Waals surface area contributed by atoms with Gasteiger partial charge in [-0.25, -0.2) is 0 Å². The van der Waals surface area contributed by atoms with Crippen LogP contribution in [-0.4, -0.2) is 48.2 Å². The molecule has 0 aromatic heterocycles. The first-order chi connectivity index (χ1) is 9.15. The Hall–Kier alpha value is -0.610. The number of aliphatic hydroxyl groups is 1. The largest absolute Gasteiger partial charge is 0.395 e. The van der Waals surface area contributed by atoms with Crippen molar-refractivity contribution in [1.29, 1.82) is 0 Å². The fourth-order valence-electron chi connectivity index (χ4n) is 2.99. The zero-order valence-electron chi connectivity index (χ0n) is 12.7. The van der Waals surface area contributed by atoms with Crippen molar-refractivity contribution < 1.29 is 9.90 Å². The third-order valence-electron chi connectivity index (χ3n) is 4.31. The molecule has 0 saturated carbocycles. The highest BCUT2D eigenvalue weighted by atomic mass is 16.3. The molecule has 1 rings (SSSR count). The Balaban J connectivity index is 2.62. The van der Waals surface area contributed by atoms with Gasteiger partial charge in [-0.05, 0) is 25.2 Å². The summed E-state index contributed by atoms with van der Waals surface area (Å²) in [4.78, 5) is 14.5. The summed E-state index contributed by atoms with van der Waals surface area (Å²) in [6.45, 7) is 8.86. The molecule has 112 valence electrons. The first-order valence-corrected chi connectivity index (χ1v) is 7.79. The molecule has 0 radical (unpaired) electrons. The van der Waals surface area contributed by atoms with E-state index in [0.29, 0.717) is 24.4 Å². The molecule has 1 aliphatic rings. The van der Waals surface area contributed by atoms with Crippen molar-refractivity contribution in [2.75, 3.05) is 26.2 Å². The number of nitrogens with one attached hydrogen (secondary N) is 1. The minimum atomic E-state index is 0.160. The van der Waals surface area contributed by atoms with Gasteiger partial charge in [-0.1, -0.05) is 27.2 Å². The van der Waals surface area contributed by atoms with Crippen molar-refractivity contribution in [2.24, 2.45) is 11.8 Å². The number of hydrogen-bond donors (Lipinski definition) is 2. The molecular weight excluding hydrogens is 240 g/mol. The molecule has 1 heterocycles. The van der Waals surface area contributed by atoms with Gasteiger partial charge < -0.3 is 15.3 Å². The Labute approximate surface area is 117 Å². The standard InChI is InChI=1S/C15H30N2O2/c1-4-12-9-14(16-7-8-18)11-17(10-12)15(19)13(5-2)6-3/h12-14,16,18H,4-11H2,1-3H3. The van der Waals surface area contributed by atoms with Crippen molar-refractivity contribution in [3.8, 4) is 0 Å². The lowest BCUT2D eigenvalue weighted by Gasteiger charge is -2.39. The van der Waals surface area contributed by atoms with Crippen LogP contribution in [0.25, 0.3) is 0 Å². The van der Waals surface area contributed by atoms with E-state index >= 15 is 0 Å². The second-order valence-electron chi connectivity index (χ2n) is 5.64. The Morgan fingerprint density at radius 3 is 2.53 bits per heavy atom. The molecule has 1 fully saturated rings. The van der Waals surface area contributed by atoms with Crippen molar-refractivity contribution in [2.45, 2.75) is 52.5 Å². The lowest BCUT2D eigenvalue weighted by atomic mass is 9.90. The van der Waals surface area contributed by atoms with Crippen molar-refractivity contribution in [1.82, 2.24) is 10.2 Å². The van der Waals surface area contributed by atoms with E-state index in [-0.39, 0.29) is 12.5 Å². The van der Waals surface area contributed by atoms with Gasteiger partial charge in [-0.2, -0.15) is 0 Å². The molecular formula is C15H30N2O2. The Morgan fingerprint density at radius 2 is 2.00 bits per heavy atom. The summed E-state index contributed by atoms with van der Waals surface area (Å²) in [5.41, 5.74) is 0. The fraction of sp³-hybridized carbons (Fsp3) is 0.933. The first-order valence-electron chi connectivity index (χ1n) is 7.79. The van der Waals surface area contributed by atoms with Gasteiger partial charge in [-0.3, -0.25) is 4.79 Å². The van der Waals surface area contributed by atoms with Crippen LogP contribution in [0.1, 0.15) is 46.5 Å². The number of likely N-dealkylation sites (tertiary alicyclic amines) is 1. The summed E-state index contributed by atoms with van der Waals surface area (Å²) in [5, 5.41) is 12.3. The summed E-state index contributed by atoms with van der Waals surface area (Å²) < 4.78 is 0. The third kappa shape index (κ3) is 4.77. The molecule has 2 atom stereocenters. The zero-order valence-corrected chi connectivity index (χ0v) is 12.7. The smallest absolute Gasteiger partial charge is 0.225 e. The second-order valence-corrected chi connectivity index (χ2v) is 5.64. The monoisotopic (exact) mass is 270 g/mol. The molecule has 19 heavy (non-hydrogen) atoms. The lowest BCUT2D eigenvalue weighted by molar-refractivity contribution is -0.138. The number of aliphatic hydroxyl groups excluding tert-OH is 1. The molecule has 1 saturated heterocycles. The molecule has 0 aromatic carbocycles. The van der Waals surface area contributed by atoms with Crippen molar-refractivity contribution in [3.63, 3.8) is 0 Å². The minimum absolute atomic E-state index is 0.160. The molecule has 0 aromatic rings. The van der Waals surface area contributed by atoms with E-state index in [9.17, 15) is 4.79 Å². The molecule has 2 unspecified atom stereocenters. The summed E-state index contributed by atoms with van der Waals surface area (Å²) in [5.74, 6) is 1.08. The number of piperidine rings is 1. The van der Waals surface area contributed by atoms with E-state index in [1.165, 1.54) is 0 Å². The highest BCUT2D eigenvalue weighted by molar-refractivity contribution is 5.78. The number of hydrogen-bond acceptors (Lipinski definition) is 3. The van der Waals surface area contributed by atoms with Gasteiger partial charge in [0.15, 0.2) is 0 Å². The van der Waals surface area contributed by atoms with Gasteiger partial charge in [0.25, 0.3) is 0 Å². The van der Waals surface area contributed by atoms with Crippen molar-refractivity contribution >= 4 is 5.91 Å². The number of rotatable bonds is 7.